The predicted octanol–water partition coefficient (Wildman–Crippen LogP) is 6.05. The number of hydrogen-bond acceptors (Lipinski definition) is 6. The summed E-state index contributed by atoms with van der Waals surface area (Å²) in [5.74, 6) is 2.72. The highest BCUT2D eigenvalue weighted by Gasteiger charge is 2.49. The number of likely N-dealkylation sites (tertiary alicyclic amines) is 1. The highest BCUT2D eigenvalue weighted by Crippen LogP contribution is 2.45. The van der Waals surface area contributed by atoms with E-state index >= 15 is 0 Å². The number of hydrogen-bond donors (Lipinski definition) is 2. The molecule has 8 nitrogen and oxygen atoms in total. The molecule has 6 rings (SSSR count). The van der Waals surface area contributed by atoms with Gasteiger partial charge in [0.2, 0.25) is 0 Å². The number of rotatable bonds is 7. The number of anilines is 2. The minimum absolute atomic E-state index is 0.0870. The Balaban J connectivity index is 1.10. The van der Waals surface area contributed by atoms with Crippen LogP contribution in [0.4, 0.5) is 11.6 Å². The number of carboxylic acids is 1. The number of nitrogens with one attached hydrogen (secondary N) is 1. The second kappa shape index (κ2) is 10.9. The topological polar surface area (TPSA) is 86.0 Å². The molecule has 1 aromatic carbocycles. The van der Waals surface area contributed by atoms with E-state index in [2.05, 4.69) is 46.2 Å². The molecule has 0 amide bonds. The Labute approximate surface area is 241 Å². The van der Waals surface area contributed by atoms with Crippen LogP contribution in [0.2, 0.25) is 5.02 Å². The molecule has 0 unspecified atom stereocenters. The Kier molecular flexibility index (Phi) is 7.42. The number of nitrogens with zero attached hydrogens (tertiary/aromatic N) is 5. The van der Waals surface area contributed by atoms with Gasteiger partial charge in [-0.05, 0) is 101 Å². The zero-order valence-electron chi connectivity index (χ0n) is 23.8. The van der Waals surface area contributed by atoms with Crippen LogP contribution in [0.3, 0.4) is 0 Å². The van der Waals surface area contributed by atoms with Gasteiger partial charge in [-0.1, -0.05) is 17.7 Å². The number of fused-ring (bicyclic) bond motifs is 1. The Bertz CT molecular complexity index is 1380. The van der Waals surface area contributed by atoms with Crippen molar-refractivity contribution in [1.82, 2.24) is 19.5 Å². The first-order chi connectivity index (χ1) is 19.2. The van der Waals surface area contributed by atoms with Crippen molar-refractivity contribution in [3.05, 3.63) is 52.7 Å². The molecule has 3 aromatic rings. The molecule has 2 saturated heterocycles. The molecule has 2 atom stereocenters. The van der Waals surface area contributed by atoms with Crippen molar-refractivity contribution in [2.24, 2.45) is 17.3 Å². The van der Waals surface area contributed by atoms with Gasteiger partial charge >= 0.3 is 5.97 Å². The van der Waals surface area contributed by atoms with E-state index in [1.165, 1.54) is 31.2 Å². The van der Waals surface area contributed by atoms with Crippen LogP contribution in [0.1, 0.15) is 69.5 Å². The Morgan fingerprint density at radius 3 is 2.62 bits per heavy atom. The second-order valence-electron chi connectivity index (χ2n) is 12.6. The number of benzene rings is 1. The van der Waals surface area contributed by atoms with Gasteiger partial charge in [0.05, 0.1) is 17.7 Å². The maximum absolute atomic E-state index is 11.6. The molecule has 3 fully saturated rings. The van der Waals surface area contributed by atoms with Crippen LogP contribution in [0, 0.1) is 24.2 Å². The van der Waals surface area contributed by atoms with Gasteiger partial charge in [-0.25, -0.2) is 4.98 Å². The molecule has 40 heavy (non-hydrogen) atoms. The number of carbonyl (C=O) groups is 1. The number of aromatic nitrogens is 3. The predicted molar refractivity (Wildman–Crippen MR) is 159 cm³/mol. The summed E-state index contributed by atoms with van der Waals surface area (Å²) >= 11 is 6.19. The molecule has 0 bridgehead atoms. The first kappa shape index (κ1) is 27.3. The Morgan fingerprint density at radius 1 is 1.12 bits per heavy atom. The van der Waals surface area contributed by atoms with Gasteiger partial charge < -0.3 is 20.2 Å². The molecule has 0 spiro atoms. The lowest BCUT2D eigenvalue weighted by molar-refractivity contribution is -0.158. The molecule has 0 radical (unpaired) electrons. The molecule has 4 heterocycles. The van der Waals surface area contributed by atoms with Gasteiger partial charge in [-0.15, -0.1) is 0 Å². The molecule has 214 valence electrons. The van der Waals surface area contributed by atoms with Crippen molar-refractivity contribution >= 4 is 34.9 Å². The first-order valence-electron chi connectivity index (χ1n) is 14.8. The molecule has 2 aliphatic heterocycles. The fourth-order valence-electron chi connectivity index (χ4n) is 7.36. The lowest BCUT2D eigenvalue weighted by Crippen LogP contribution is -2.56. The molecular formula is C31H41ClN6O2. The summed E-state index contributed by atoms with van der Waals surface area (Å²) in [4.78, 5) is 21.6. The van der Waals surface area contributed by atoms with Crippen molar-refractivity contribution in [3.63, 3.8) is 0 Å². The maximum atomic E-state index is 11.6. The van der Waals surface area contributed by atoms with Crippen LogP contribution in [0.15, 0.2) is 36.5 Å². The first-order valence-corrected chi connectivity index (χ1v) is 15.2. The van der Waals surface area contributed by atoms with Gasteiger partial charge in [-0.3, -0.25) is 4.79 Å². The van der Waals surface area contributed by atoms with E-state index in [0.717, 1.165) is 66.9 Å². The standard InChI is InChI=1S/C31H41ClN6O2/c1-20-15-24(32)6-7-26(20)21(2)34-29-16-28(35-27-8-11-33-38(27)29)36-13-9-22(10-14-36)23-5-4-12-37(19-23)25-17-31(3,18-25)30(39)40/h6-8,11,15-16,21-23,25,34H,4-5,9-10,12-14,17-19H2,1-3H3,(H,39,40)/t21-,23+,25?,31?/m1/s1. The molecular weight excluding hydrogens is 524 g/mol. The average Bonchev–Trinajstić information content (AvgIpc) is 3.40. The SMILES string of the molecule is Cc1cc(Cl)ccc1[C@@H](C)Nc1cc(N2CCC([C@H]3CCCN(C4CC(C)(C(=O)O)C4)C3)CC2)nc2ccnn12. The summed E-state index contributed by atoms with van der Waals surface area (Å²) in [6.07, 6.45) is 8.25. The monoisotopic (exact) mass is 564 g/mol. The number of aliphatic carboxylic acids is 1. The summed E-state index contributed by atoms with van der Waals surface area (Å²) in [6, 6.07) is 10.7. The smallest absolute Gasteiger partial charge is 0.309 e. The van der Waals surface area contributed by atoms with Crippen molar-refractivity contribution < 1.29 is 9.90 Å². The van der Waals surface area contributed by atoms with E-state index in [-0.39, 0.29) is 6.04 Å². The third-order valence-electron chi connectivity index (χ3n) is 9.83. The molecule has 2 N–H and O–H groups in total. The lowest BCUT2D eigenvalue weighted by Gasteiger charge is -2.51. The molecule has 2 aromatic heterocycles. The molecule has 9 heteroatoms. The van der Waals surface area contributed by atoms with Crippen molar-refractivity contribution in [3.8, 4) is 0 Å². The van der Waals surface area contributed by atoms with Crippen LogP contribution in [-0.4, -0.2) is 62.8 Å². The van der Waals surface area contributed by atoms with Crippen LogP contribution in [0.25, 0.3) is 5.65 Å². The fraction of sp³-hybridized carbons (Fsp3) is 0.581. The highest BCUT2D eigenvalue weighted by atomic mass is 35.5. The molecule has 1 aliphatic carbocycles. The largest absolute Gasteiger partial charge is 0.481 e. The fourth-order valence-corrected chi connectivity index (χ4v) is 7.59. The minimum atomic E-state index is -0.639. The van der Waals surface area contributed by atoms with Gasteiger partial charge in [0, 0.05) is 42.8 Å². The van der Waals surface area contributed by atoms with Crippen LogP contribution in [-0.2, 0) is 4.79 Å². The summed E-state index contributed by atoms with van der Waals surface area (Å²) in [5, 5.41) is 18.5. The molecule has 1 saturated carbocycles. The van der Waals surface area contributed by atoms with E-state index in [9.17, 15) is 9.90 Å². The van der Waals surface area contributed by atoms with Gasteiger partial charge in [0.1, 0.15) is 11.6 Å². The van der Waals surface area contributed by atoms with Crippen molar-refractivity contribution in [2.75, 3.05) is 36.4 Å². The normalized spacial score (nSPS) is 26.9. The summed E-state index contributed by atoms with van der Waals surface area (Å²) in [7, 11) is 0. The second-order valence-corrected chi connectivity index (χ2v) is 13.1. The number of aryl methyl sites for hydroxylation is 1. The zero-order chi connectivity index (χ0) is 28.0. The van der Waals surface area contributed by atoms with Crippen LogP contribution >= 0.6 is 11.6 Å². The quantitative estimate of drug-likeness (QED) is 0.361. The van der Waals surface area contributed by atoms with Crippen molar-refractivity contribution in [1.29, 1.82) is 0 Å². The zero-order valence-corrected chi connectivity index (χ0v) is 24.6. The van der Waals surface area contributed by atoms with E-state index < -0.39 is 11.4 Å². The van der Waals surface area contributed by atoms with E-state index in [1.54, 1.807) is 6.20 Å². The third kappa shape index (κ3) is 5.28. The minimum Gasteiger partial charge on any atom is -0.481 e. The third-order valence-corrected chi connectivity index (χ3v) is 10.1. The average molecular weight is 565 g/mol. The summed E-state index contributed by atoms with van der Waals surface area (Å²) in [6.45, 7) is 10.4. The van der Waals surface area contributed by atoms with Gasteiger partial charge in [0.25, 0.3) is 0 Å². The Morgan fingerprint density at radius 2 is 1.90 bits per heavy atom. The number of halogens is 1. The van der Waals surface area contributed by atoms with Crippen LogP contribution in [0.5, 0.6) is 0 Å². The van der Waals surface area contributed by atoms with E-state index in [4.69, 9.17) is 16.6 Å². The van der Waals surface area contributed by atoms with Crippen molar-refractivity contribution in [2.45, 2.75) is 71.4 Å². The van der Waals surface area contributed by atoms with E-state index in [1.807, 2.05) is 29.6 Å². The summed E-state index contributed by atoms with van der Waals surface area (Å²) < 4.78 is 1.88. The van der Waals surface area contributed by atoms with E-state index in [0.29, 0.717) is 17.9 Å². The van der Waals surface area contributed by atoms with Crippen LogP contribution < -0.4 is 10.2 Å². The number of piperidine rings is 2. The maximum Gasteiger partial charge on any atom is 0.309 e. The lowest BCUT2D eigenvalue weighted by atomic mass is 9.65. The van der Waals surface area contributed by atoms with Gasteiger partial charge in [0.15, 0.2) is 5.65 Å². The molecule has 3 aliphatic rings. The van der Waals surface area contributed by atoms with Gasteiger partial charge in [-0.2, -0.15) is 9.61 Å². The highest BCUT2D eigenvalue weighted by molar-refractivity contribution is 6.30. The Hall–Kier alpha value is -2.84. The summed E-state index contributed by atoms with van der Waals surface area (Å²) in [5.41, 5.74) is 2.69. The number of carboxylic acid groups (broad SMARTS) is 1.